The Hall–Kier alpha value is -2.59. The zero-order valence-electron chi connectivity index (χ0n) is 64.9. The van der Waals surface area contributed by atoms with Crippen molar-refractivity contribution in [3.8, 4) is 0 Å². The second-order valence-corrected chi connectivity index (χ2v) is 36.1. The van der Waals surface area contributed by atoms with E-state index in [9.17, 15) is 34.2 Å². The highest BCUT2D eigenvalue weighted by Crippen LogP contribution is 2.64. The van der Waals surface area contributed by atoms with Crippen molar-refractivity contribution in [1.29, 1.82) is 0 Å². The molecule has 4 heterocycles. The summed E-state index contributed by atoms with van der Waals surface area (Å²) < 4.78 is 27.7. The van der Waals surface area contributed by atoms with E-state index in [1.54, 1.807) is 7.11 Å². The fraction of sp³-hybridized carbons (Fsp3) is 0.911. The molecule has 14 nitrogen and oxygen atoms in total. The maximum atomic E-state index is 12.3. The molecule has 0 aromatic rings. The number of nitrogens with one attached hydrogen (secondary N) is 1. The second-order valence-electron chi connectivity index (χ2n) is 36.1. The third-order valence-corrected chi connectivity index (χ3v) is 24.2. The number of ether oxygens (including phenoxy) is 5. The van der Waals surface area contributed by atoms with E-state index >= 15 is 0 Å². The van der Waals surface area contributed by atoms with Gasteiger partial charge in [0.05, 0.1) is 62.2 Å². The summed E-state index contributed by atoms with van der Waals surface area (Å²) in [7, 11) is 1.57. The van der Waals surface area contributed by atoms with Crippen LogP contribution < -0.4 is 5.32 Å². The lowest BCUT2D eigenvalue weighted by atomic mass is 9.45. The van der Waals surface area contributed by atoms with Crippen molar-refractivity contribution < 1.29 is 57.9 Å². The minimum atomic E-state index is -0.411. The number of allylic oxidation sites excluding steroid dienone is 1. The number of hydrogen-bond donors (Lipinski definition) is 3. The first-order valence-electron chi connectivity index (χ1n) is 36.8. The molecule has 2 amide bonds. The van der Waals surface area contributed by atoms with Gasteiger partial charge in [-0.1, -0.05) is 184 Å². The smallest absolute Gasteiger partial charge is 0.236 e. The molecular formula is C79H146N2O12. The quantitative estimate of drug-likeness (QED) is 0.117. The van der Waals surface area contributed by atoms with Crippen LogP contribution in [0.4, 0.5) is 0 Å². The molecule has 10 atom stereocenters. The number of hydrogen-bond acceptors (Lipinski definition) is 12. The Bertz CT molecular complexity index is 2210. The average Bonchev–Trinajstić information content (AvgIpc) is 1.46. The van der Waals surface area contributed by atoms with Gasteiger partial charge in [0.25, 0.3) is 0 Å². The fourth-order valence-corrected chi connectivity index (χ4v) is 14.9. The standard InChI is InChI=1S/C19H38.C17H27NO6.C12H17NO4.C12H24.C10H20O2.C9H20/c1-15(2,3)19(10)14-18(8,9)16(4,5)12-11-13-17(19,6)7;1-10-13(8-16(22)18-5-6-23-2)17(24-15(10)9-19)12-4-3-11(20)7-14(12)21;1-7-8(2)12(17-10(7)6-14)13-4-3-9(15)5-11(13)16;1-11(2)7-5-9-12(3,4)10-6-8-11;1-9(2)6-5-7-10(3,4)12-8-11-9;1-5-7-8-9(3,4)6-2/h11-14H2,1-10H3;10,12-13,15,17,19H,3-9H2,1-2H3,(H,18,22);3-4,7-8,10,12,14H,5-6H2,1-2H3;5-10H2,1-4H3;5-8H2,1-4H3;5-8H2,1-4H3/t;10?,12?,13-,15+,17-;7?,8-,10+,12+;;;/m.00.../s1. The molecule has 3 aliphatic carbocycles. The van der Waals surface area contributed by atoms with Crippen LogP contribution in [0.3, 0.4) is 0 Å². The number of carbonyl (C=O) groups is 5. The molecule has 7 aliphatic rings. The zero-order chi connectivity index (χ0) is 71.4. The summed E-state index contributed by atoms with van der Waals surface area (Å²) in [4.78, 5) is 60.2. The Morgan fingerprint density at radius 2 is 1.17 bits per heavy atom. The lowest BCUT2D eigenvalue weighted by Gasteiger charge is -2.60. The van der Waals surface area contributed by atoms with Gasteiger partial charge in [0.1, 0.15) is 24.6 Å². The largest absolute Gasteiger partial charge is 0.394 e. The summed E-state index contributed by atoms with van der Waals surface area (Å²) in [6.07, 6.45) is 25.3. The fourth-order valence-electron chi connectivity index (χ4n) is 14.9. The van der Waals surface area contributed by atoms with Gasteiger partial charge in [-0.05, 0) is 172 Å². The van der Waals surface area contributed by atoms with Crippen LogP contribution in [0.25, 0.3) is 0 Å². The molecule has 4 unspecified atom stereocenters. The van der Waals surface area contributed by atoms with Crippen molar-refractivity contribution in [2.45, 2.75) is 350 Å². The van der Waals surface area contributed by atoms with Crippen LogP contribution in [0.5, 0.6) is 0 Å². The van der Waals surface area contributed by atoms with E-state index in [0.717, 1.165) is 12.8 Å². The van der Waals surface area contributed by atoms with Crippen LogP contribution in [-0.2, 0) is 47.7 Å². The second kappa shape index (κ2) is 37.0. The molecule has 0 bridgehead atoms. The number of amides is 2. The Morgan fingerprint density at radius 1 is 0.667 bits per heavy atom. The van der Waals surface area contributed by atoms with E-state index in [-0.39, 0.29) is 121 Å². The normalized spacial score (nSPS) is 31.3. The maximum Gasteiger partial charge on any atom is 0.236 e. The minimum absolute atomic E-state index is 0.00347. The maximum absolute atomic E-state index is 12.3. The molecule has 3 saturated heterocycles. The van der Waals surface area contributed by atoms with Gasteiger partial charge in [0.2, 0.25) is 11.8 Å². The molecule has 0 radical (unpaired) electrons. The summed E-state index contributed by atoms with van der Waals surface area (Å²) >= 11 is 0. The first-order valence-corrected chi connectivity index (χ1v) is 36.8. The van der Waals surface area contributed by atoms with Crippen LogP contribution in [0, 0.1) is 72.9 Å². The highest BCUT2D eigenvalue weighted by molar-refractivity contribution is 6.06. The molecule has 0 spiro atoms. The Balaban J connectivity index is 0.000000391. The lowest BCUT2D eigenvalue weighted by molar-refractivity contribution is -0.191. The molecule has 93 heavy (non-hydrogen) atoms. The molecule has 544 valence electrons. The summed E-state index contributed by atoms with van der Waals surface area (Å²) in [6, 6.07) is 0. The Morgan fingerprint density at radius 3 is 1.63 bits per heavy atom. The van der Waals surface area contributed by atoms with Gasteiger partial charge in [0, 0.05) is 44.5 Å². The topological polar surface area (TPSA) is 187 Å². The SMILES string of the molecule is CC(C)(C)C1(C)CC(C)(C)C(C)(C)CCCC1(C)C.CC1(C)CCCC(C)(C)CCC1.CC1(C)CCCC(C)(C)OCO1.CC1[C@@H](CO)O[C@@H](N2C=CC(=O)CC2=O)[C@H]1C.CCCCC(C)(C)CC.COCCNC(=O)C[C@H]1C(C)[C@@H](CO)O[C@H]1C1CCC(=O)CC1=O. The predicted molar refractivity (Wildman–Crippen MR) is 380 cm³/mol. The average molecular weight is 1320 g/mol. The van der Waals surface area contributed by atoms with Crippen molar-refractivity contribution >= 4 is 29.2 Å². The van der Waals surface area contributed by atoms with Crippen LogP contribution in [0.2, 0.25) is 0 Å². The first-order chi connectivity index (χ1) is 42.6. The molecule has 0 aromatic carbocycles. The van der Waals surface area contributed by atoms with Crippen molar-refractivity contribution in [2.75, 3.05) is 40.3 Å². The van der Waals surface area contributed by atoms with Gasteiger partial charge in [-0.3, -0.25) is 28.9 Å². The number of carbonyl (C=O) groups excluding carboxylic acids is 5. The van der Waals surface area contributed by atoms with E-state index in [4.69, 9.17) is 23.7 Å². The van der Waals surface area contributed by atoms with Crippen LogP contribution in [0.15, 0.2) is 12.3 Å². The number of nitrogens with zero attached hydrogens (tertiary/aromatic N) is 1. The molecular weight excluding hydrogens is 1170 g/mol. The number of Topliss-reactive ketones (excluding diaryl/α,β-unsaturated/α-hetero) is 2. The van der Waals surface area contributed by atoms with Crippen molar-refractivity contribution in [3.05, 3.63) is 12.3 Å². The highest BCUT2D eigenvalue weighted by atomic mass is 16.7. The molecule has 14 heteroatoms. The third-order valence-electron chi connectivity index (χ3n) is 24.2. The molecule has 3 saturated carbocycles. The van der Waals surface area contributed by atoms with E-state index in [1.807, 2.05) is 20.8 Å². The molecule has 0 aromatic heterocycles. The van der Waals surface area contributed by atoms with Crippen molar-refractivity contribution in [1.82, 2.24) is 10.2 Å². The summed E-state index contributed by atoms with van der Waals surface area (Å²) in [5, 5.41) is 21.5. The monoisotopic (exact) mass is 1320 g/mol. The van der Waals surface area contributed by atoms with E-state index in [2.05, 4.69) is 158 Å². The molecule has 6 fully saturated rings. The number of methoxy groups -OCH3 is 1. The van der Waals surface area contributed by atoms with Crippen LogP contribution >= 0.6 is 0 Å². The van der Waals surface area contributed by atoms with Gasteiger partial charge >= 0.3 is 0 Å². The number of unbranched alkanes of at least 4 members (excludes halogenated alkanes) is 1. The van der Waals surface area contributed by atoms with Gasteiger partial charge < -0.3 is 39.2 Å². The first kappa shape index (κ1) is 86.5. The number of aliphatic hydroxyl groups is 2. The van der Waals surface area contributed by atoms with Crippen molar-refractivity contribution in [2.24, 2.45) is 72.9 Å². The third kappa shape index (κ3) is 27.6. The summed E-state index contributed by atoms with van der Waals surface area (Å²) in [5.41, 5.74) is 3.81. The minimum Gasteiger partial charge on any atom is -0.394 e. The predicted octanol–water partition coefficient (Wildman–Crippen LogP) is 17.8. The van der Waals surface area contributed by atoms with E-state index < -0.39 is 6.10 Å². The van der Waals surface area contributed by atoms with Gasteiger partial charge in [0.15, 0.2) is 5.78 Å². The van der Waals surface area contributed by atoms with Crippen LogP contribution in [0.1, 0.15) is 314 Å². The lowest BCUT2D eigenvalue weighted by Crippen LogP contribution is -2.51. The Kier molecular flexibility index (Phi) is 34.4. The number of ketones is 3. The molecule has 7 rings (SSSR count). The van der Waals surface area contributed by atoms with Crippen molar-refractivity contribution in [3.63, 3.8) is 0 Å². The highest BCUT2D eigenvalue weighted by Gasteiger charge is 2.55. The molecule has 3 N–H and O–H groups in total. The van der Waals surface area contributed by atoms with Gasteiger partial charge in [-0.2, -0.15) is 0 Å². The summed E-state index contributed by atoms with van der Waals surface area (Å²) in [5.74, 6) is -0.886. The Labute approximate surface area is 570 Å². The van der Waals surface area contributed by atoms with E-state index in [1.165, 1.54) is 113 Å². The van der Waals surface area contributed by atoms with E-state index in [0.29, 0.717) is 76.1 Å². The van der Waals surface area contributed by atoms with Gasteiger partial charge in [-0.25, -0.2) is 0 Å². The number of aliphatic hydroxyl groups excluding tert-OH is 2. The van der Waals surface area contributed by atoms with Crippen LogP contribution in [-0.4, -0.2) is 120 Å². The molecule has 4 aliphatic heterocycles. The van der Waals surface area contributed by atoms with Gasteiger partial charge in [-0.15, -0.1) is 0 Å². The number of rotatable bonds is 13. The zero-order valence-corrected chi connectivity index (χ0v) is 64.9. The summed E-state index contributed by atoms with van der Waals surface area (Å²) in [6.45, 7) is 59.3.